The molecule has 2 aromatic rings. The maximum Gasteiger partial charge on any atom is 0.385 e. The molecule has 0 spiro atoms. The van der Waals surface area contributed by atoms with E-state index >= 15 is 0 Å². The van der Waals surface area contributed by atoms with Crippen LogP contribution in [0.5, 0.6) is 0 Å². The van der Waals surface area contributed by atoms with Crippen molar-refractivity contribution in [2.75, 3.05) is 0 Å². The van der Waals surface area contributed by atoms with E-state index in [2.05, 4.69) is 37.0 Å². The lowest BCUT2D eigenvalue weighted by Crippen LogP contribution is -2.05. The number of hydrogen-bond donors (Lipinski definition) is 0. The lowest BCUT2D eigenvalue weighted by molar-refractivity contribution is 0.875. The number of hydrogen-bond acceptors (Lipinski definition) is 1. The van der Waals surface area contributed by atoms with Crippen LogP contribution < -0.4 is 0 Å². The second-order valence-electron chi connectivity index (χ2n) is 5.69. The Labute approximate surface area is 120 Å². The van der Waals surface area contributed by atoms with Gasteiger partial charge in [0, 0.05) is 12.1 Å². The predicted molar refractivity (Wildman–Crippen MR) is 81.9 cm³/mol. The van der Waals surface area contributed by atoms with E-state index in [9.17, 15) is 0 Å². The van der Waals surface area contributed by atoms with Crippen molar-refractivity contribution in [2.24, 2.45) is 0 Å². The topological polar surface area (TPSA) is 28.1 Å². The van der Waals surface area contributed by atoms with Gasteiger partial charge in [0.1, 0.15) is 0 Å². The second kappa shape index (κ2) is 5.09. The summed E-state index contributed by atoms with van der Waals surface area (Å²) in [5.74, 6) is 0. The largest absolute Gasteiger partial charge is 0.385 e. The van der Waals surface area contributed by atoms with Gasteiger partial charge in [0.05, 0.1) is 0 Å². The van der Waals surface area contributed by atoms with Crippen molar-refractivity contribution in [3.05, 3.63) is 68.7 Å². The highest BCUT2D eigenvalue weighted by Crippen LogP contribution is 2.28. The van der Waals surface area contributed by atoms with Crippen molar-refractivity contribution in [3.63, 3.8) is 0 Å². The van der Waals surface area contributed by atoms with Gasteiger partial charge in [0.2, 0.25) is 5.39 Å². The minimum absolute atomic E-state index is 0.682. The number of nitrogens with zero attached hydrogens (tertiary/aromatic N) is 2. The molecule has 0 heterocycles. The first kappa shape index (κ1) is 12.9. The van der Waals surface area contributed by atoms with E-state index in [1.807, 2.05) is 12.1 Å². The Morgan fingerprint density at radius 2 is 1.25 bits per heavy atom. The SMILES string of the molecule is Cc1c2cccc1CCc1cc([N+]#N)cc(c1C)CC2. The van der Waals surface area contributed by atoms with Gasteiger partial charge in [-0.15, -0.1) is 0 Å². The fourth-order valence-corrected chi connectivity index (χ4v) is 3.22. The highest BCUT2D eigenvalue weighted by Gasteiger charge is 2.16. The smallest absolute Gasteiger partial charge is 0.0617 e. The molecule has 0 atom stereocenters. The van der Waals surface area contributed by atoms with Crippen LogP contribution in [0.25, 0.3) is 4.98 Å². The van der Waals surface area contributed by atoms with Crippen LogP contribution in [0, 0.1) is 19.2 Å². The average Bonchev–Trinajstić information content (AvgIpc) is 2.46. The first-order valence-corrected chi connectivity index (χ1v) is 7.24. The van der Waals surface area contributed by atoms with Gasteiger partial charge < -0.3 is 0 Å². The van der Waals surface area contributed by atoms with Gasteiger partial charge in [-0.3, -0.25) is 0 Å². The molecule has 1 aliphatic carbocycles. The summed E-state index contributed by atoms with van der Waals surface area (Å²) < 4.78 is 0. The first-order chi connectivity index (χ1) is 9.69. The van der Waals surface area contributed by atoms with Crippen molar-refractivity contribution in [2.45, 2.75) is 39.5 Å². The van der Waals surface area contributed by atoms with Crippen LogP contribution in [0.2, 0.25) is 0 Å². The van der Waals surface area contributed by atoms with Gasteiger partial charge in [-0.25, -0.2) is 0 Å². The Morgan fingerprint density at radius 1 is 0.800 bits per heavy atom. The molecule has 0 aliphatic heterocycles. The van der Waals surface area contributed by atoms with Crippen molar-refractivity contribution in [1.82, 2.24) is 0 Å². The van der Waals surface area contributed by atoms with E-state index in [0.717, 1.165) is 25.7 Å². The molecular weight excluding hydrogens is 244 g/mol. The number of benzene rings is 2. The third kappa shape index (κ3) is 2.20. The van der Waals surface area contributed by atoms with Gasteiger partial charge >= 0.3 is 5.69 Å². The first-order valence-electron chi connectivity index (χ1n) is 7.24. The Bertz CT molecular complexity index is 661. The quantitative estimate of drug-likeness (QED) is 0.635. The van der Waals surface area contributed by atoms with E-state index in [1.54, 1.807) is 0 Å². The summed E-state index contributed by atoms with van der Waals surface area (Å²) in [5, 5.41) is 9.08. The monoisotopic (exact) mass is 263 g/mol. The molecule has 0 saturated carbocycles. The fourth-order valence-electron chi connectivity index (χ4n) is 3.22. The van der Waals surface area contributed by atoms with Crippen LogP contribution in [-0.2, 0) is 25.7 Å². The molecule has 4 bridgehead atoms. The van der Waals surface area contributed by atoms with Gasteiger partial charge in [-0.2, -0.15) is 0 Å². The zero-order valence-electron chi connectivity index (χ0n) is 12.1. The van der Waals surface area contributed by atoms with Crippen molar-refractivity contribution in [3.8, 4) is 0 Å². The molecule has 2 nitrogen and oxygen atoms in total. The van der Waals surface area contributed by atoms with E-state index in [1.165, 1.54) is 33.4 Å². The summed E-state index contributed by atoms with van der Waals surface area (Å²) in [6.07, 6.45) is 4.11. The van der Waals surface area contributed by atoms with Crippen molar-refractivity contribution in [1.29, 1.82) is 5.39 Å². The van der Waals surface area contributed by atoms with E-state index in [-0.39, 0.29) is 0 Å². The third-order valence-corrected chi connectivity index (χ3v) is 4.61. The number of aryl methyl sites for hydroxylation is 4. The molecule has 0 radical (unpaired) electrons. The summed E-state index contributed by atoms with van der Waals surface area (Å²) in [4.78, 5) is 3.39. The zero-order chi connectivity index (χ0) is 14.1. The van der Waals surface area contributed by atoms with Gasteiger partial charge in [-0.05, 0) is 72.9 Å². The average molecular weight is 263 g/mol. The summed E-state index contributed by atoms with van der Waals surface area (Å²) in [5.41, 5.74) is 8.99. The van der Waals surface area contributed by atoms with Crippen LogP contribution >= 0.6 is 0 Å². The van der Waals surface area contributed by atoms with Crippen molar-refractivity contribution < 1.29 is 0 Å². The number of rotatable bonds is 0. The Balaban J connectivity index is 2.10. The maximum absolute atomic E-state index is 9.08. The standard InChI is InChI=1S/C18H19N2/c1-12-14-4-3-5-15(12)7-9-17-11-18(20-19)10-16(8-6-14)13(17)2/h3-5,10-11H,6-9H2,1-2H3/q+1. The predicted octanol–water partition coefficient (Wildman–Crippen LogP) is 4.67. The second-order valence-corrected chi connectivity index (χ2v) is 5.69. The molecule has 0 unspecified atom stereocenters. The van der Waals surface area contributed by atoms with E-state index in [0.29, 0.717) is 5.69 Å². The van der Waals surface area contributed by atoms with Crippen LogP contribution in [-0.4, -0.2) is 0 Å². The molecule has 0 aromatic heterocycles. The van der Waals surface area contributed by atoms with Crippen LogP contribution in [0.4, 0.5) is 5.69 Å². The van der Waals surface area contributed by atoms with E-state index < -0.39 is 0 Å². The van der Waals surface area contributed by atoms with Crippen LogP contribution in [0.1, 0.15) is 33.4 Å². The molecule has 2 heteroatoms. The lowest BCUT2D eigenvalue weighted by Gasteiger charge is -2.16. The Hall–Kier alpha value is -2.14. The molecular formula is C18H19N2+. The highest BCUT2D eigenvalue weighted by atomic mass is 14.8. The highest BCUT2D eigenvalue weighted by molar-refractivity contribution is 5.53. The lowest BCUT2D eigenvalue weighted by atomic mass is 9.88. The summed E-state index contributed by atoms with van der Waals surface area (Å²) in [6.45, 7) is 4.43. The summed E-state index contributed by atoms with van der Waals surface area (Å²) >= 11 is 0. The van der Waals surface area contributed by atoms with Crippen molar-refractivity contribution >= 4 is 5.69 Å². The Kier molecular flexibility index (Phi) is 3.28. The van der Waals surface area contributed by atoms with E-state index in [4.69, 9.17) is 5.39 Å². The molecule has 1 aliphatic rings. The minimum atomic E-state index is 0.682. The zero-order valence-corrected chi connectivity index (χ0v) is 12.1. The molecule has 0 fully saturated rings. The van der Waals surface area contributed by atoms with Gasteiger partial charge in [0.15, 0.2) is 4.98 Å². The number of fused-ring (bicyclic) bond motifs is 4. The molecule has 100 valence electrons. The third-order valence-electron chi connectivity index (χ3n) is 4.61. The molecule has 0 N–H and O–H groups in total. The van der Waals surface area contributed by atoms with Crippen LogP contribution in [0.3, 0.4) is 0 Å². The maximum atomic E-state index is 9.08. The molecule has 3 rings (SSSR count). The number of diazo groups is 1. The molecule has 0 saturated heterocycles. The summed E-state index contributed by atoms with van der Waals surface area (Å²) in [7, 11) is 0. The molecule has 0 amide bonds. The van der Waals surface area contributed by atoms with Gasteiger partial charge in [-0.1, -0.05) is 18.2 Å². The minimum Gasteiger partial charge on any atom is -0.0617 e. The fraction of sp³-hybridized carbons (Fsp3) is 0.333. The Morgan fingerprint density at radius 3 is 1.75 bits per heavy atom. The molecule has 2 aromatic carbocycles. The van der Waals surface area contributed by atoms with Gasteiger partial charge in [0.25, 0.3) is 0 Å². The normalized spacial score (nSPS) is 13.7. The summed E-state index contributed by atoms with van der Waals surface area (Å²) in [6, 6.07) is 10.7. The molecule has 20 heavy (non-hydrogen) atoms. The van der Waals surface area contributed by atoms with Crippen LogP contribution in [0.15, 0.2) is 30.3 Å².